The standard InChI is InChI=1S/C17H14N4OS/c1-10-13(11-6-4-3-5-7-11)14-16(22)19-15(20-17(14)23-10)12-8-21(2)9-18-12/h3-9H,1-2H3,(H,19,20,22). The molecule has 0 saturated heterocycles. The highest BCUT2D eigenvalue weighted by atomic mass is 32.1. The van der Waals surface area contributed by atoms with Crippen LogP contribution in [-0.2, 0) is 7.05 Å². The molecule has 4 rings (SSSR count). The van der Waals surface area contributed by atoms with Crippen LogP contribution in [0.1, 0.15) is 4.88 Å². The zero-order valence-electron chi connectivity index (χ0n) is 12.7. The summed E-state index contributed by atoms with van der Waals surface area (Å²) in [4.78, 5) is 26.2. The number of nitrogens with one attached hydrogen (secondary N) is 1. The van der Waals surface area contributed by atoms with E-state index in [1.807, 2.05) is 55.1 Å². The van der Waals surface area contributed by atoms with E-state index in [1.165, 1.54) is 11.3 Å². The molecule has 4 aromatic rings. The predicted octanol–water partition coefficient (Wildman–Crippen LogP) is 3.36. The van der Waals surface area contributed by atoms with Crippen molar-refractivity contribution in [2.45, 2.75) is 6.92 Å². The molecular formula is C17H14N4OS. The van der Waals surface area contributed by atoms with Crippen LogP contribution in [0.25, 0.3) is 32.9 Å². The quantitative estimate of drug-likeness (QED) is 0.615. The minimum atomic E-state index is -0.126. The first-order valence-electron chi connectivity index (χ1n) is 7.20. The molecule has 0 aliphatic heterocycles. The molecule has 1 aromatic carbocycles. The molecule has 0 radical (unpaired) electrons. The fraction of sp³-hybridized carbons (Fsp3) is 0.118. The molecule has 0 amide bonds. The summed E-state index contributed by atoms with van der Waals surface area (Å²) in [6, 6.07) is 9.94. The third kappa shape index (κ3) is 2.27. The van der Waals surface area contributed by atoms with Crippen molar-refractivity contribution in [1.29, 1.82) is 0 Å². The van der Waals surface area contributed by atoms with Gasteiger partial charge in [-0.2, -0.15) is 0 Å². The van der Waals surface area contributed by atoms with Crippen molar-refractivity contribution in [2.75, 3.05) is 0 Å². The largest absolute Gasteiger partial charge is 0.340 e. The van der Waals surface area contributed by atoms with Crippen molar-refractivity contribution < 1.29 is 0 Å². The van der Waals surface area contributed by atoms with E-state index in [9.17, 15) is 4.79 Å². The highest BCUT2D eigenvalue weighted by Crippen LogP contribution is 2.35. The van der Waals surface area contributed by atoms with Crippen LogP contribution in [0.3, 0.4) is 0 Å². The second-order valence-corrected chi connectivity index (χ2v) is 6.62. The number of imidazole rings is 1. The van der Waals surface area contributed by atoms with Crippen LogP contribution in [0.5, 0.6) is 0 Å². The van der Waals surface area contributed by atoms with E-state index in [2.05, 4.69) is 15.0 Å². The molecule has 0 spiro atoms. The van der Waals surface area contributed by atoms with E-state index in [-0.39, 0.29) is 5.56 Å². The number of hydrogen-bond donors (Lipinski definition) is 1. The van der Waals surface area contributed by atoms with Crippen LogP contribution >= 0.6 is 11.3 Å². The van der Waals surface area contributed by atoms with E-state index >= 15 is 0 Å². The number of rotatable bonds is 2. The molecular weight excluding hydrogens is 308 g/mol. The second kappa shape index (κ2) is 5.17. The highest BCUT2D eigenvalue weighted by Gasteiger charge is 2.17. The third-order valence-electron chi connectivity index (χ3n) is 3.75. The summed E-state index contributed by atoms with van der Waals surface area (Å²) < 4.78 is 1.83. The minimum Gasteiger partial charge on any atom is -0.340 e. The van der Waals surface area contributed by atoms with Gasteiger partial charge in [-0.1, -0.05) is 30.3 Å². The third-order valence-corrected chi connectivity index (χ3v) is 4.75. The summed E-state index contributed by atoms with van der Waals surface area (Å²) in [5, 5.41) is 0.651. The molecule has 3 aromatic heterocycles. The summed E-state index contributed by atoms with van der Waals surface area (Å²) in [7, 11) is 1.88. The molecule has 0 bridgehead atoms. The zero-order valence-corrected chi connectivity index (χ0v) is 13.5. The van der Waals surface area contributed by atoms with Crippen LogP contribution in [0, 0.1) is 6.92 Å². The van der Waals surface area contributed by atoms with Gasteiger partial charge in [0.15, 0.2) is 5.82 Å². The number of aromatic nitrogens is 4. The Morgan fingerprint density at radius 1 is 1.22 bits per heavy atom. The molecule has 0 atom stereocenters. The number of benzene rings is 1. The Morgan fingerprint density at radius 2 is 2.00 bits per heavy atom. The minimum absolute atomic E-state index is 0.126. The summed E-state index contributed by atoms with van der Waals surface area (Å²) >= 11 is 1.54. The Kier molecular flexibility index (Phi) is 3.12. The van der Waals surface area contributed by atoms with Gasteiger partial charge in [-0.25, -0.2) is 9.97 Å². The van der Waals surface area contributed by atoms with E-state index in [4.69, 9.17) is 0 Å². The average molecular weight is 322 g/mol. The van der Waals surface area contributed by atoms with Gasteiger partial charge in [-0.15, -0.1) is 11.3 Å². The lowest BCUT2D eigenvalue weighted by Crippen LogP contribution is -2.09. The van der Waals surface area contributed by atoms with Crippen LogP contribution in [0.4, 0.5) is 0 Å². The number of fused-ring (bicyclic) bond motifs is 1. The Morgan fingerprint density at radius 3 is 2.70 bits per heavy atom. The van der Waals surface area contributed by atoms with Gasteiger partial charge in [-0.05, 0) is 12.5 Å². The van der Waals surface area contributed by atoms with Crippen molar-refractivity contribution in [2.24, 2.45) is 7.05 Å². The van der Waals surface area contributed by atoms with Gasteiger partial charge in [0.25, 0.3) is 5.56 Å². The normalized spacial score (nSPS) is 11.2. The first kappa shape index (κ1) is 13.9. The van der Waals surface area contributed by atoms with Crippen LogP contribution < -0.4 is 5.56 Å². The average Bonchev–Trinajstić information content (AvgIpc) is 3.11. The van der Waals surface area contributed by atoms with Gasteiger partial charge < -0.3 is 9.55 Å². The molecule has 0 aliphatic carbocycles. The monoisotopic (exact) mass is 322 g/mol. The van der Waals surface area contributed by atoms with E-state index in [0.29, 0.717) is 16.9 Å². The Hall–Kier alpha value is -2.73. The number of nitrogens with zero attached hydrogens (tertiary/aromatic N) is 3. The first-order valence-corrected chi connectivity index (χ1v) is 8.02. The van der Waals surface area contributed by atoms with Crippen LogP contribution in [0.15, 0.2) is 47.7 Å². The molecule has 3 heterocycles. The topological polar surface area (TPSA) is 63.6 Å². The molecule has 114 valence electrons. The van der Waals surface area contributed by atoms with Gasteiger partial charge in [0.2, 0.25) is 0 Å². The summed E-state index contributed by atoms with van der Waals surface area (Å²) in [6.07, 6.45) is 3.53. The lowest BCUT2D eigenvalue weighted by molar-refractivity contribution is 0.913. The molecule has 6 heteroatoms. The van der Waals surface area contributed by atoms with Crippen LogP contribution in [-0.4, -0.2) is 19.5 Å². The molecule has 0 aliphatic rings. The Balaban J connectivity index is 1.99. The lowest BCUT2D eigenvalue weighted by Gasteiger charge is -2.01. The SMILES string of the molecule is Cc1sc2nc(-c3cn(C)cn3)[nH]c(=O)c2c1-c1ccccc1. The summed E-state index contributed by atoms with van der Waals surface area (Å²) in [5.74, 6) is 0.504. The van der Waals surface area contributed by atoms with Crippen molar-refractivity contribution in [3.05, 3.63) is 58.1 Å². The van der Waals surface area contributed by atoms with Crippen molar-refractivity contribution in [1.82, 2.24) is 19.5 Å². The molecule has 1 N–H and O–H groups in total. The Bertz CT molecular complexity index is 1060. The number of aromatic amines is 1. The van der Waals surface area contributed by atoms with Gasteiger partial charge in [-0.3, -0.25) is 4.79 Å². The molecule has 5 nitrogen and oxygen atoms in total. The van der Waals surface area contributed by atoms with Crippen molar-refractivity contribution in [3.63, 3.8) is 0 Å². The van der Waals surface area contributed by atoms with E-state index in [0.717, 1.165) is 20.8 Å². The van der Waals surface area contributed by atoms with E-state index < -0.39 is 0 Å². The maximum Gasteiger partial charge on any atom is 0.260 e. The molecule has 0 unspecified atom stereocenters. The lowest BCUT2D eigenvalue weighted by atomic mass is 10.0. The number of thiophene rings is 1. The fourth-order valence-corrected chi connectivity index (χ4v) is 3.77. The fourth-order valence-electron chi connectivity index (χ4n) is 2.73. The summed E-state index contributed by atoms with van der Waals surface area (Å²) in [5.41, 5.74) is 2.54. The number of hydrogen-bond acceptors (Lipinski definition) is 4. The second-order valence-electron chi connectivity index (χ2n) is 5.42. The molecule has 23 heavy (non-hydrogen) atoms. The Labute approximate surface area is 136 Å². The van der Waals surface area contributed by atoms with Crippen molar-refractivity contribution in [3.8, 4) is 22.6 Å². The van der Waals surface area contributed by atoms with Gasteiger partial charge in [0.05, 0.1) is 11.7 Å². The summed E-state index contributed by atoms with van der Waals surface area (Å²) in [6.45, 7) is 2.02. The van der Waals surface area contributed by atoms with Crippen molar-refractivity contribution >= 4 is 21.6 Å². The molecule has 0 saturated carbocycles. The molecule has 0 fully saturated rings. The van der Waals surface area contributed by atoms with Gasteiger partial charge in [0.1, 0.15) is 10.5 Å². The number of H-pyrrole nitrogens is 1. The van der Waals surface area contributed by atoms with Gasteiger partial charge in [0, 0.05) is 23.7 Å². The van der Waals surface area contributed by atoms with E-state index in [1.54, 1.807) is 6.33 Å². The number of aryl methyl sites for hydroxylation is 2. The zero-order chi connectivity index (χ0) is 16.0. The maximum atomic E-state index is 12.7. The van der Waals surface area contributed by atoms with Crippen LogP contribution in [0.2, 0.25) is 0 Å². The van der Waals surface area contributed by atoms with Gasteiger partial charge >= 0.3 is 0 Å². The first-order chi connectivity index (χ1) is 11.1. The highest BCUT2D eigenvalue weighted by molar-refractivity contribution is 7.19. The maximum absolute atomic E-state index is 12.7. The predicted molar refractivity (Wildman–Crippen MR) is 92.6 cm³/mol. The smallest absolute Gasteiger partial charge is 0.260 e.